The van der Waals surface area contributed by atoms with Crippen LogP contribution in [0.5, 0.6) is 5.75 Å². The van der Waals surface area contributed by atoms with Crippen molar-refractivity contribution in [1.29, 1.82) is 0 Å². The number of hydrogen-bond acceptors (Lipinski definition) is 3. The van der Waals surface area contributed by atoms with Gasteiger partial charge in [-0.25, -0.2) is 0 Å². The number of aryl methyl sites for hydroxylation is 1. The third kappa shape index (κ3) is 4.85. The fourth-order valence-corrected chi connectivity index (χ4v) is 2.86. The lowest BCUT2D eigenvalue weighted by molar-refractivity contribution is -0.140. The maximum Gasteiger partial charge on any atom is 0.263 e. The highest BCUT2D eigenvalue weighted by Crippen LogP contribution is 2.28. The molecule has 1 aliphatic heterocycles. The van der Waals surface area contributed by atoms with Crippen LogP contribution in [0.15, 0.2) is 18.2 Å². The minimum Gasteiger partial charge on any atom is -0.481 e. The maximum atomic E-state index is 12.7. The SMILES string of the molecule is Cc1ccc(C(C)C)c(OC(C)C(=O)N2CCNC[C@H]2C)c1.Cl. The number of benzene rings is 1. The first-order valence-corrected chi connectivity index (χ1v) is 8.18. The lowest BCUT2D eigenvalue weighted by atomic mass is 10.0. The van der Waals surface area contributed by atoms with Crippen LogP contribution in [0.3, 0.4) is 0 Å². The molecule has 4 nitrogen and oxygen atoms in total. The number of nitrogens with zero attached hydrogens (tertiary/aromatic N) is 1. The highest BCUT2D eigenvalue weighted by Gasteiger charge is 2.28. The molecule has 1 aromatic carbocycles. The van der Waals surface area contributed by atoms with Gasteiger partial charge < -0.3 is 15.0 Å². The van der Waals surface area contributed by atoms with Crippen LogP contribution in [0.1, 0.15) is 44.7 Å². The molecular weight excluding hydrogens is 312 g/mol. The zero-order valence-electron chi connectivity index (χ0n) is 14.8. The molecule has 1 heterocycles. The van der Waals surface area contributed by atoms with E-state index in [1.54, 1.807) is 0 Å². The Morgan fingerprint density at radius 1 is 1.35 bits per heavy atom. The van der Waals surface area contributed by atoms with E-state index < -0.39 is 6.10 Å². The van der Waals surface area contributed by atoms with Crippen LogP contribution in [-0.2, 0) is 4.79 Å². The van der Waals surface area contributed by atoms with E-state index in [0.717, 1.165) is 36.5 Å². The number of nitrogens with one attached hydrogen (secondary N) is 1. The summed E-state index contributed by atoms with van der Waals surface area (Å²) in [6.07, 6.45) is -0.458. The first kappa shape index (κ1) is 19.8. The minimum absolute atomic E-state index is 0. The van der Waals surface area contributed by atoms with Gasteiger partial charge in [-0.2, -0.15) is 0 Å². The summed E-state index contributed by atoms with van der Waals surface area (Å²) in [7, 11) is 0. The van der Waals surface area contributed by atoms with E-state index >= 15 is 0 Å². The highest BCUT2D eigenvalue weighted by atomic mass is 35.5. The molecule has 0 saturated carbocycles. The first-order chi connectivity index (χ1) is 10.4. The molecule has 1 N–H and O–H groups in total. The molecule has 0 bridgehead atoms. The van der Waals surface area contributed by atoms with E-state index in [4.69, 9.17) is 4.74 Å². The van der Waals surface area contributed by atoms with Gasteiger partial charge in [0.2, 0.25) is 0 Å². The van der Waals surface area contributed by atoms with Gasteiger partial charge >= 0.3 is 0 Å². The van der Waals surface area contributed by atoms with E-state index in [0.29, 0.717) is 5.92 Å². The van der Waals surface area contributed by atoms with Gasteiger partial charge in [-0.05, 0) is 43.9 Å². The standard InChI is InChI=1S/C18H28N2O2.ClH/c1-12(2)16-7-6-13(3)10-17(16)22-15(5)18(21)20-9-8-19-11-14(20)4;/h6-7,10,12,14-15,19H,8-9,11H2,1-5H3;1H/t14-,15?;/m1./s1. The summed E-state index contributed by atoms with van der Waals surface area (Å²) in [6, 6.07) is 6.43. The number of piperazine rings is 1. The van der Waals surface area contributed by atoms with Gasteiger partial charge in [-0.15, -0.1) is 12.4 Å². The summed E-state index contributed by atoms with van der Waals surface area (Å²) < 4.78 is 6.04. The first-order valence-electron chi connectivity index (χ1n) is 8.18. The molecule has 0 aromatic heterocycles. The number of amides is 1. The molecule has 1 aromatic rings. The molecule has 2 atom stereocenters. The van der Waals surface area contributed by atoms with Gasteiger partial charge in [0, 0.05) is 25.7 Å². The Labute approximate surface area is 146 Å². The Hall–Kier alpha value is -1.26. The van der Waals surface area contributed by atoms with Crippen molar-refractivity contribution in [2.45, 2.75) is 52.7 Å². The molecule has 23 heavy (non-hydrogen) atoms. The minimum atomic E-state index is -0.458. The summed E-state index contributed by atoms with van der Waals surface area (Å²) in [5.74, 6) is 1.28. The van der Waals surface area contributed by atoms with E-state index in [1.165, 1.54) is 0 Å². The van der Waals surface area contributed by atoms with Crippen LogP contribution in [0.25, 0.3) is 0 Å². The van der Waals surface area contributed by atoms with E-state index in [9.17, 15) is 4.79 Å². The Morgan fingerprint density at radius 2 is 2.04 bits per heavy atom. The summed E-state index contributed by atoms with van der Waals surface area (Å²) in [5, 5.41) is 3.30. The summed E-state index contributed by atoms with van der Waals surface area (Å²) in [5.41, 5.74) is 2.30. The van der Waals surface area contributed by atoms with Crippen molar-refractivity contribution >= 4 is 18.3 Å². The summed E-state index contributed by atoms with van der Waals surface area (Å²) >= 11 is 0. The zero-order valence-corrected chi connectivity index (χ0v) is 15.6. The van der Waals surface area contributed by atoms with Gasteiger partial charge in [0.25, 0.3) is 5.91 Å². The molecule has 130 valence electrons. The third-order valence-electron chi connectivity index (χ3n) is 4.23. The fourth-order valence-electron chi connectivity index (χ4n) is 2.86. The topological polar surface area (TPSA) is 41.6 Å². The molecule has 1 unspecified atom stereocenters. The highest BCUT2D eigenvalue weighted by molar-refractivity contribution is 5.85. The van der Waals surface area contributed by atoms with Gasteiger partial charge in [0.15, 0.2) is 6.10 Å². The van der Waals surface area contributed by atoms with Crippen LogP contribution >= 0.6 is 12.4 Å². The van der Waals surface area contributed by atoms with Crippen molar-refractivity contribution in [1.82, 2.24) is 10.2 Å². The van der Waals surface area contributed by atoms with Gasteiger partial charge in [-0.3, -0.25) is 4.79 Å². The molecule has 2 rings (SSSR count). The average molecular weight is 341 g/mol. The van der Waals surface area contributed by atoms with E-state index in [-0.39, 0.29) is 24.4 Å². The van der Waals surface area contributed by atoms with Crippen molar-refractivity contribution in [3.63, 3.8) is 0 Å². The number of halogens is 1. The van der Waals surface area contributed by atoms with E-state index in [1.807, 2.05) is 24.8 Å². The molecule has 1 aliphatic rings. The van der Waals surface area contributed by atoms with Crippen LogP contribution in [0, 0.1) is 6.92 Å². The van der Waals surface area contributed by atoms with Crippen molar-refractivity contribution in [3.8, 4) is 5.75 Å². The maximum absolute atomic E-state index is 12.7. The molecule has 0 spiro atoms. The number of rotatable bonds is 4. The van der Waals surface area contributed by atoms with Crippen molar-refractivity contribution in [2.24, 2.45) is 0 Å². The smallest absolute Gasteiger partial charge is 0.263 e. The summed E-state index contributed by atoms with van der Waals surface area (Å²) in [4.78, 5) is 14.6. The zero-order chi connectivity index (χ0) is 16.3. The van der Waals surface area contributed by atoms with Gasteiger partial charge in [0.1, 0.15) is 5.75 Å². The number of hydrogen-bond donors (Lipinski definition) is 1. The second-order valence-corrected chi connectivity index (χ2v) is 6.54. The predicted molar refractivity (Wildman–Crippen MR) is 96.7 cm³/mol. The molecule has 0 radical (unpaired) electrons. The van der Waals surface area contributed by atoms with Crippen LogP contribution in [0.2, 0.25) is 0 Å². The van der Waals surface area contributed by atoms with E-state index in [2.05, 4.69) is 38.2 Å². The molecule has 5 heteroatoms. The average Bonchev–Trinajstić information content (AvgIpc) is 2.46. The fraction of sp³-hybridized carbons (Fsp3) is 0.611. The largest absolute Gasteiger partial charge is 0.481 e. The van der Waals surface area contributed by atoms with Crippen LogP contribution in [-0.4, -0.2) is 42.6 Å². The van der Waals surface area contributed by atoms with Crippen LogP contribution in [0.4, 0.5) is 0 Å². The summed E-state index contributed by atoms with van der Waals surface area (Å²) in [6.45, 7) is 12.7. The lowest BCUT2D eigenvalue weighted by Gasteiger charge is -2.35. The Morgan fingerprint density at radius 3 is 2.65 bits per heavy atom. The third-order valence-corrected chi connectivity index (χ3v) is 4.23. The quantitative estimate of drug-likeness (QED) is 0.915. The molecule has 0 aliphatic carbocycles. The van der Waals surface area contributed by atoms with Gasteiger partial charge in [-0.1, -0.05) is 26.0 Å². The predicted octanol–water partition coefficient (Wildman–Crippen LogP) is 3.13. The van der Waals surface area contributed by atoms with Gasteiger partial charge in [0.05, 0.1) is 0 Å². The lowest BCUT2D eigenvalue weighted by Crippen LogP contribution is -2.55. The molecule has 1 saturated heterocycles. The molecule has 1 fully saturated rings. The van der Waals surface area contributed by atoms with Crippen molar-refractivity contribution < 1.29 is 9.53 Å². The molecule has 1 amide bonds. The van der Waals surface area contributed by atoms with Crippen molar-refractivity contribution in [3.05, 3.63) is 29.3 Å². The normalized spacial score (nSPS) is 19.2. The Bertz CT molecular complexity index is 534. The number of carbonyl (C=O) groups excluding carboxylic acids is 1. The number of ether oxygens (including phenoxy) is 1. The monoisotopic (exact) mass is 340 g/mol. The second-order valence-electron chi connectivity index (χ2n) is 6.54. The number of carbonyl (C=O) groups is 1. The second kappa shape index (κ2) is 8.55. The van der Waals surface area contributed by atoms with Crippen molar-refractivity contribution in [2.75, 3.05) is 19.6 Å². The van der Waals surface area contributed by atoms with Crippen LogP contribution < -0.4 is 10.1 Å². The Balaban J connectivity index is 0.00000264. The Kier molecular flexibility index (Phi) is 7.36. The molecular formula is C18H29ClN2O2.